The molecule has 0 aliphatic carbocycles. The van der Waals surface area contributed by atoms with Gasteiger partial charge in [0.05, 0.1) is 18.0 Å². The first-order valence-electron chi connectivity index (χ1n) is 10.1. The molecule has 2 atom stereocenters. The highest BCUT2D eigenvalue weighted by atomic mass is 32.2. The van der Waals surface area contributed by atoms with E-state index in [1.807, 2.05) is 49.4 Å². The first-order valence-corrected chi connectivity index (χ1v) is 11.9. The maximum absolute atomic E-state index is 13.1. The number of hydrogen-bond donors (Lipinski definition) is 1. The van der Waals surface area contributed by atoms with Crippen LogP contribution in [0.3, 0.4) is 0 Å². The zero-order valence-corrected chi connectivity index (χ0v) is 18.7. The Morgan fingerprint density at radius 1 is 1.00 bits per heavy atom. The van der Waals surface area contributed by atoms with Crippen molar-refractivity contribution in [2.45, 2.75) is 52.6 Å². The zero-order chi connectivity index (χ0) is 21.6. The van der Waals surface area contributed by atoms with Gasteiger partial charge in [-0.3, -0.25) is 9.10 Å². The van der Waals surface area contributed by atoms with Crippen molar-refractivity contribution in [3.8, 4) is 0 Å². The summed E-state index contributed by atoms with van der Waals surface area (Å²) < 4.78 is 26.2. The van der Waals surface area contributed by atoms with Gasteiger partial charge in [-0.15, -0.1) is 0 Å². The van der Waals surface area contributed by atoms with Crippen LogP contribution in [0, 0.1) is 5.92 Å². The predicted molar refractivity (Wildman–Crippen MR) is 119 cm³/mol. The molecule has 6 heteroatoms. The summed E-state index contributed by atoms with van der Waals surface area (Å²) >= 11 is 0. The second-order valence-corrected chi connectivity index (χ2v) is 9.72. The second kappa shape index (κ2) is 9.92. The minimum atomic E-state index is -3.63. The molecule has 0 aromatic heterocycles. The van der Waals surface area contributed by atoms with Gasteiger partial charge in [0, 0.05) is 0 Å². The topological polar surface area (TPSA) is 66.5 Å². The van der Waals surface area contributed by atoms with E-state index in [0.29, 0.717) is 11.6 Å². The molecule has 5 nitrogen and oxygen atoms in total. The van der Waals surface area contributed by atoms with E-state index in [2.05, 4.69) is 19.2 Å². The summed E-state index contributed by atoms with van der Waals surface area (Å²) in [6, 6.07) is 16.0. The Hall–Kier alpha value is -2.34. The largest absolute Gasteiger partial charge is 0.347 e. The molecule has 0 aliphatic heterocycles. The number of nitrogens with one attached hydrogen (secondary N) is 1. The van der Waals surface area contributed by atoms with Gasteiger partial charge in [0.15, 0.2) is 0 Å². The number of sulfonamides is 1. The highest BCUT2D eigenvalue weighted by molar-refractivity contribution is 7.92. The van der Waals surface area contributed by atoms with Crippen molar-refractivity contribution < 1.29 is 13.2 Å². The zero-order valence-electron chi connectivity index (χ0n) is 17.9. The molecule has 2 aromatic carbocycles. The van der Waals surface area contributed by atoms with Gasteiger partial charge in [-0.05, 0) is 48.9 Å². The molecule has 158 valence electrons. The summed E-state index contributed by atoms with van der Waals surface area (Å²) in [6.07, 6.45) is 2.77. The first-order chi connectivity index (χ1) is 13.6. The number of nitrogens with zero attached hydrogens (tertiary/aromatic N) is 1. The summed E-state index contributed by atoms with van der Waals surface area (Å²) in [4.78, 5) is 13.1. The molecule has 2 aromatic rings. The van der Waals surface area contributed by atoms with Crippen LogP contribution in [0.25, 0.3) is 0 Å². The van der Waals surface area contributed by atoms with Crippen LogP contribution in [0.15, 0.2) is 54.6 Å². The summed E-state index contributed by atoms with van der Waals surface area (Å²) in [5.74, 6) is 0.0629. The summed E-state index contributed by atoms with van der Waals surface area (Å²) in [5, 5.41) is 3.06. The van der Waals surface area contributed by atoms with Gasteiger partial charge in [0.1, 0.15) is 6.04 Å². The molecular formula is C23H32N2O3S. The average Bonchev–Trinajstić information content (AvgIpc) is 2.67. The monoisotopic (exact) mass is 416 g/mol. The van der Waals surface area contributed by atoms with E-state index < -0.39 is 16.1 Å². The van der Waals surface area contributed by atoms with Gasteiger partial charge >= 0.3 is 0 Å². The van der Waals surface area contributed by atoms with Crippen LogP contribution in [0.5, 0.6) is 0 Å². The van der Waals surface area contributed by atoms with E-state index in [9.17, 15) is 13.2 Å². The lowest BCUT2D eigenvalue weighted by atomic mass is 9.96. The van der Waals surface area contributed by atoms with E-state index in [1.54, 1.807) is 19.1 Å². The normalized spacial score (nSPS) is 13.7. The maximum atomic E-state index is 13.1. The molecule has 29 heavy (non-hydrogen) atoms. The SMILES string of the molecule is CCc1ccc(N([C@@H](C)C(=O)N[C@@H](CC(C)C)c2ccccc2)S(C)(=O)=O)cc1. The second-order valence-electron chi connectivity index (χ2n) is 7.86. The number of anilines is 1. The minimum Gasteiger partial charge on any atom is -0.347 e. The Labute approximate surface area is 175 Å². The highest BCUT2D eigenvalue weighted by Gasteiger charge is 2.30. The molecule has 0 fully saturated rings. The summed E-state index contributed by atoms with van der Waals surface area (Å²) in [7, 11) is -3.63. The van der Waals surface area contributed by atoms with Gasteiger partial charge in [0.25, 0.3) is 0 Å². The molecule has 1 amide bonds. The van der Waals surface area contributed by atoms with E-state index in [0.717, 1.165) is 30.2 Å². The van der Waals surface area contributed by atoms with Crippen LogP contribution in [-0.4, -0.2) is 26.6 Å². The average molecular weight is 417 g/mol. The Morgan fingerprint density at radius 2 is 1.59 bits per heavy atom. The molecule has 0 aliphatic rings. The van der Waals surface area contributed by atoms with Crippen molar-refractivity contribution in [1.29, 1.82) is 0 Å². The molecule has 0 radical (unpaired) electrons. The Morgan fingerprint density at radius 3 is 2.07 bits per heavy atom. The van der Waals surface area contributed by atoms with E-state index in [4.69, 9.17) is 0 Å². The number of benzene rings is 2. The van der Waals surface area contributed by atoms with E-state index >= 15 is 0 Å². The maximum Gasteiger partial charge on any atom is 0.244 e. The Bertz CT molecular complexity index is 893. The van der Waals surface area contributed by atoms with Gasteiger partial charge in [0.2, 0.25) is 15.9 Å². The third-order valence-electron chi connectivity index (χ3n) is 4.91. The fraction of sp³-hybridized carbons (Fsp3) is 0.435. The van der Waals surface area contributed by atoms with Crippen molar-refractivity contribution in [3.05, 3.63) is 65.7 Å². The standard InChI is InChI=1S/C23H32N2O3S/c1-6-19-12-14-21(15-13-19)25(29(5,27)28)18(4)23(26)24-22(16-17(2)3)20-10-8-7-9-11-20/h7-15,17-18,22H,6,16H2,1-5H3,(H,24,26)/t18-,22-/m0/s1. The highest BCUT2D eigenvalue weighted by Crippen LogP contribution is 2.24. The summed E-state index contributed by atoms with van der Waals surface area (Å²) in [6.45, 7) is 7.87. The quantitative estimate of drug-likeness (QED) is 0.662. The fourth-order valence-corrected chi connectivity index (χ4v) is 4.59. The molecule has 0 heterocycles. The van der Waals surface area contributed by atoms with Crippen molar-refractivity contribution in [1.82, 2.24) is 5.32 Å². The van der Waals surface area contributed by atoms with Gasteiger partial charge in [-0.25, -0.2) is 8.42 Å². The van der Waals surface area contributed by atoms with Crippen LogP contribution in [-0.2, 0) is 21.2 Å². The predicted octanol–water partition coefficient (Wildman–Crippen LogP) is 4.31. The molecule has 0 bridgehead atoms. The van der Waals surface area contributed by atoms with Crippen LogP contribution in [0.1, 0.15) is 51.3 Å². The number of rotatable bonds is 9. The molecule has 0 unspecified atom stereocenters. The Kier molecular flexibility index (Phi) is 7.85. The van der Waals surface area contributed by atoms with Crippen molar-refractivity contribution in [3.63, 3.8) is 0 Å². The molecule has 0 spiro atoms. The van der Waals surface area contributed by atoms with E-state index in [1.165, 1.54) is 4.31 Å². The van der Waals surface area contributed by atoms with Gasteiger partial charge in [-0.2, -0.15) is 0 Å². The van der Waals surface area contributed by atoms with Crippen molar-refractivity contribution in [2.24, 2.45) is 5.92 Å². The summed E-state index contributed by atoms with van der Waals surface area (Å²) in [5.41, 5.74) is 2.62. The first kappa shape index (κ1) is 22.9. The third kappa shape index (κ3) is 6.32. The lowest BCUT2D eigenvalue weighted by Gasteiger charge is -2.30. The molecule has 2 rings (SSSR count). The van der Waals surface area contributed by atoms with Crippen LogP contribution in [0.2, 0.25) is 0 Å². The van der Waals surface area contributed by atoms with Gasteiger partial charge in [-0.1, -0.05) is 63.2 Å². The lowest BCUT2D eigenvalue weighted by Crippen LogP contribution is -2.48. The Balaban J connectivity index is 2.29. The van der Waals surface area contributed by atoms with Crippen LogP contribution >= 0.6 is 0 Å². The van der Waals surface area contributed by atoms with Crippen LogP contribution < -0.4 is 9.62 Å². The minimum absolute atomic E-state index is 0.171. The van der Waals surface area contributed by atoms with E-state index in [-0.39, 0.29) is 11.9 Å². The molecule has 0 saturated heterocycles. The van der Waals surface area contributed by atoms with Crippen LogP contribution in [0.4, 0.5) is 5.69 Å². The number of aryl methyl sites for hydroxylation is 1. The molecule has 0 saturated carbocycles. The fourth-order valence-electron chi connectivity index (χ4n) is 3.41. The number of amides is 1. The number of hydrogen-bond acceptors (Lipinski definition) is 3. The van der Waals surface area contributed by atoms with Crippen molar-refractivity contribution >= 4 is 21.6 Å². The lowest BCUT2D eigenvalue weighted by molar-refractivity contribution is -0.122. The van der Waals surface area contributed by atoms with Gasteiger partial charge < -0.3 is 5.32 Å². The number of carbonyl (C=O) groups is 1. The number of carbonyl (C=O) groups excluding carboxylic acids is 1. The molecule has 1 N–H and O–H groups in total. The van der Waals surface area contributed by atoms with Crippen molar-refractivity contribution in [2.75, 3.05) is 10.6 Å². The third-order valence-corrected chi connectivity index (χ3v) is 6.15. The smallest absolute Gasteiger partial charge is 0.244 e. The molecular weight excluding hydrogens is 384 g/mol.